The Kier molecular flexibility index (Phi) is 5.50. The minimum absolute atomic E-state index is 0.402. The van der Waals surface area contributed by atoms with Crippen LogP contribution in [0.1, 0.15) is 61.2 Å². The van der Waals surface area contributed by atoms with Crippen molar-refractivity contribution in [2.45, 2.75) is 70.7 Å². The number of thioether (sulfide) groups is 1. The summed E-state index contributed by atoms with van der Waals surface area (Å²) in [6, 6.07) is 3.28. The maximum atomic E-state index is 4.63. The summed E-state index contributed by atoms with van der Waals surface area (Å²) in [7, 11) is 0. The fourth-order valence-corrected chi connectivity index (χ4v) is 4.33. The van der Waals surface area contributed by atoms with E-state index in [0.29, 0.717) is 12.1 Å². The van der Waals surface area contributed by atoms with Crippen LogP contribution in [0, 0.1) is 20.8 Å². The Morgan fingerprint density at radius 2 is 1.85 bits per heavy atom. The van der Waals surface area contributed by atoms with Crippen LogP contribution in [-0.2, 0) is 0 Å². The smallest absolute Gasteiger partial charge is 0.0426 e. The van der Waals surface area contributed by atoms with Crippen LogP contribution >= 0.6 is 11.8 Å². The van der Waals surface area contributed by atoms with Crippen LogP contribution < -0.4 is 5.32 Å². The van der Waals surface area contributed by atoms with Gasteiger partial charge in [-0.2, -0.15) is 11.8 Å². The Morgan fingerprint density at radius 1 is 1.20 bits per heavy atom. The van der Waals surface area contributed by atoms with Crippen LogP contribution in [0.3, 0.4) is 0 Å². The van der Waals surface area contributed by atoms with E-state index in [1.54, 1.807) is 0 Å². The molecule has 20 heavy (non-hydrogen) atoms. The van der Waals surface area contributed by atoms with Crippen molar-refractivity contribution in [3.63, 3.8) is 0 Å². The maximum absolute atomic E-state index is 4.63. The van der Waals surface area contributed by atoms with E-state index < -0.39 is 0 Å². The first-order valence-electron chi connectivity index (χ1n) is 7.74. The maximum Gasteiger partial charge on any atom is 0.0426 e. The van der Waals surface area contributed by atoms with Gasteiger partial charge < -0.3 is 5.32 Å². The summed E-state index contributed by atoms with van der Waals surface area (Å²) >= 11 is 2.03. The third kappa shape index (κ3) is 3.76. The highest BCUT2D eigenvalue weighted by Gasteiger charge is 2.23. The van der Waals surface area contributed by atoms with Gasteiger partial charge in [0.25, 0.3) is 0 Å². The van der Waals surface area contributed by atoms with E-state index in [9.17, 15) is 0 Å². The van der Waals surface area contributed by atoms with E-state index in [0.717, 1.165) is 10.9 Å². The molecule has 0 amide bonds. The third-order valence-corrected chi connectivity index (χ3v) is 5.65. The lowest BCUT2D eigenvalue weighted by molar-refractivity contribution is 0.351. The van der Waals surface area contributed by atoms with Crippen molar-refractivity contribution in [1.82, 2.24) is 10.3 Å². The normalized spacial score (nSPS) is 24.6. The number of hydrogen-bond donors (Lipinski definition) is 1. The molecule has 0 spiro atoms. The molecular formula is C17H28N2S. The number of pyridine rings is 1. The van der Waals surface area contributed by atoms with E-state index in [4.69, 9.17) is 0 Å². The molecule has 1 unspecified atom stereocenters. The zero-order chi connectivity index (χ0) is 14.7. The molecule has 1 aliphatic rings. The topological polar surface area (TPSA) is 24.9 Å². The predicted molar refractivity (Wildman–Crippen MR) is 89.6 cm³/mol. The Labute approximate surface area is 128 Å². The minimum Gasteiger partial charge on any atom is -0.307 e. The molecule has 2 rings (SSSR count). The van der Waals surface area contributed by atoms with Crippen LogP contribution in [0.5, 0.6) is 0 Å². The lowest BCUT2D eigenvalue weighted by atomic mass is 9.92. The Hall–Kier alpha value is -0.540. The highest BCUT2D eigenvalue weighted by molar-refractivity contribution is 7.99. The number of nitrogens with zero attached hydrogens (tertiary/aromatic N) is 1. The highest BCUT2D eigenvalue weighted by Crippen LogP contribution is 2.29. The molecule has 1 saturated carbocycles. The van der Waals surface area contributed by atoms with Crippen molar-refractivity contribution in [3.05, 3.63) is 28.6 Å². The van der Waals surface area contributed by atoms with Gasteiger partial charge in [-0.3, -0.25) is 4.98 Å². The molecule has 2 nitrogen and oxygen atoms in total. The molecule has 1 aromatic rings. The van der Waals surface area contributed by atoms with Gasteiger partial charge in [-0.1, -0.05) is 0 Å². The van der Waals surface area contributed by atoms with Gasteiger partial charge in [0.05, 0.1) is 0 Å². The highest BCUT2D eigenvalue weighted by atomic mass is 32.2. The van der Waals surface area contributed by atoms with Crippen LogP contribution in [0.15, 0.2) is 6.07 Å². The second kappa shape index (κ2) is 6.95. The summed E-state index contributed by atoms with van der Waals surface area (Å²) in [4.78, 5) is 4.63. The van der Waals surface area contributed by atoms with Crippen molar-refractivity contribution in [2.24, 2.45) is 0 Å². The third-order valence-electron chi connectivity index (χ3n) is 4.51. The Morgan fingerprint density at radius 3 is 2.40 bits per heavy atom. The van der Waals surface area contributed by atoms with Crippen LogP contribution in [-0.4, -0.2) is 22.5 Å². The summed E-state index contributed by atoms with van der Waals surface area (Å²) in [6.45, 7) is 8.70. The van der Waals surface area contributed by atoms with Gasteiger partial charge in [-0.15, -0.1) is 0 Å². The monoisotopic (exact) mass is 292 g/mol. The van der Waals surface area contributed by atoms with E-state index in [1.807, 2.05) is 11.8 Å². The predicted octanol–water partition coefficient (Wildman–Crippen LogP) is 4.33. The fraction of sp³-hybridized carbons (Fsp3) is 0.706. The molecule has 0 aliphatic heterocycles. The zero-order valence-electron chi connectivity index (χ0n) is 13.5. The quantitative estimate of drug-likeness (QED) is 0.894. The molecule has 1 aliphatic carbocycles. The van der Waals surface area contributed by atoms with Gasteiger partial charge in [-0.25, -0.2) is 0 Å². The number of hydrogen-bond acceptors (Lipinski definition) is 3. The summed E-state index contributed by atoms with van der Waals surface area (Å²) in [5.74, 6) is 0. The van der Waals surface area contributed by atoms with Gasteiger partial charge in [-0.05, 0) is 76.8 Å². The van der Waals surface area contributed by atoms with Crippen molar-refractivity contribution in [3.8, 4) is 0 Å². The molecule has 0 saturated heterocycles. The number of nitrogens with one attached hydrogen (secondary N) is 1. The van der Waals surface area contributed by atoms with Gasteiger partial charge in [0.2, 0.25) is 0 Å². The van der Waals surface area contributed by atoms with Crippen LogP contribution in [0.25, 0.3) is 0 Å². The van der Waals surface area contributed by atoms with Gasteiger partial charge >= 0.3 is 0 Å². The molecule has 112 valence electrons. The molecule has 1 aromatic heterocycles. The molecule has 0 bridgehead atoms. The lowest BCUT2D eigenvalue weighted by Crippen LogP contribution is -2.36. The fourth-order valence-electron chi connectivity index (χ4n) is 3.59. The number of aromatic nitrogens is 1. The van der Waals surface area contributed by atoms with Crippen molar-refractivity contribution in [2.75, 3.05) is 6.26 Å². The molecule has 1 atom stereocenters. The van der Waals surface area contributed by atoms with E-state index in [2.05, 4.69) is 50.3 Å². The molecule has 1 fully saturated rings. The SMILES string of the molecule is CSC1CCC(NC(C)c2c(C)cc(C)nc2C)CC1. The van der Waals surface area contributed by atoms with Gasteiger partial charge in [0.1, 0.15) is 0 Å². The molecule has 1 N–H and O–H groups in total. The van der Waals surface area contributed by atoms with Crippen molar-refractivity contribution < 1.29 is 0 Å². The second-order valence-corrected chi connectivity index (χ2v) is 7.32. The zero-order valence-corrected chi connectivity index (χ0v) is 14.3. The van der Waals surface area contributed by atoms with E-state index >= 15 is 0 Å². The molecule has 3 heteroatoms. The minimum atomic E-state index is 0.402. The van der Waals surface area contributed by atoms with Crippen LogP contribution in [0.2, 0.25) is 0 Å². The first-order valence-corrected chi connectivity index (χ1v) is 9.03. The average molecular weight is 292 g/mol. The second-order valence-electron chi connectivity index (χ2n) is 6.18. The van der Waals surface area contributed by atoms with Crippen molar-refractivity contribution in [1.29, 1.82) is 0 Å². The summed E-state index contributed by atoms with van der Waals surface area (Å²) in [5, 5.41) is 4.71. The lowest BCUT2D eigenvalue weighted by Gasteiger charge is -2.31. The molecule has 1 heterocycles. The summed E-state index contributed by atoms with van der Waals surface area (Å²) in [5.41, 5.74) is 5.06. The standard InChI is InChI=1S/C17H28N2S/c1-11-10-12(2)18-13(3)17(11)14(4)19-15-6-8-16(20-5)9-7-15/h10,14-16,19H,6-9H2,1-5H3. The summed E-state index contributed by atoms with van der Waals surface area (Å²) < 4.78 is 0. The average Bonchev–Trinajstić information content (AvgIpc) is 2.38. The first-order chi connectivity index (χ1) is 9.51. The number of rotatable bonds is 4. The molecular weight excluding hydrogens is 264 g/mol. The van der Waals surface area contributed by atoms with Gasteiger partial charge in [0.15, 0.2) is 0 Å². The van der Waals surface area contributed by atoms with Gasteiger partial charge in [0, 0.05) is 28.7 Å². The molecule has 0 aromatic carbocycles. The Bertz CT molecular complexity index is 427. The van der Waals surface area contributed by atoms with E-state index in [-0.39, 0.29) is 0 Å². The van der Waals surface area contributed by atoms with Crippen molar-refractivity contribution >= 4 is 11.8 Å². The summed E-state index contributed by atoms with van der Waals surface area (Å²) in [6.07, 6.45) is 7.58. The Balaban J connectivity index is 2.00. The van der Waals surface area contributed by atoms with Crippen LogP contribution in [0.4, 0.5) is 0 Å². The number of aryl methyl sites for hydroxylation is 3. The first kappa shape index (κ1) is 15.8. The largest absolute Gasteiger partial charge is 0.307 e. The van der Waals surface area contributed by atoms with E-state index in [1.165, 1.54) is 42.5 Å². The molecule has 0 radical (unpaired) electrons.